The molecular formula is C15H17ClN2O. The molecule has 1 heterocycles. The van der Waals surface area contributed by atoms with Crippen LogP contribution >= 0.6 is 11.6 Å². The molecule has 0 saturated heterocycles. The minimum atomic E-state index is 0.145. The molecule has 0 radical (unpaired) electrons. The topological polar surface area (TPSA) is 35.0 Å². The van der Waals surface area contributed by atoms with E-state index in [0.29, 0.717) is 11.0 Å². The van der Waals surface area contributed by atoms with E-state index >= 15 is 0 Å². The van der Waals surface area contributed by atoms with Gasteiger partial charge in [0, 0.05) is 11.1 Å². The van der Waals surface area contributed by atoms with Crippen LogP contribution in [0.25, 0.3) is 11.3 Å². The molecule has 19 heavy (non-hydrogen) atoms. The van der Waals surface area contributed by atoms with Crippen molar-refractivity contribution in [3.05, 3.63) is 40.8 Å². The van der Waals surface area contributed by atoms with E-state index in [2.05, 4.69) is 9.97 Å². The van der Waals surface area contributed by atoms with Crippen LogP contribution in [-0.4, -0.2) is 16.1 Å². The second kappa shape index (κ2) is 5.57. The summed E-state index contributed by atoms with van der Waals surface area (Å²) in [6.45, 7) is 7.77. The van der Waals surface area contributed by atoms with E-state index in [1.807, 2.05) is 52.0 Å². The lowest BCUT2D eigenvalue weighted by Gasteiger charge is -2.12. The summed E-state index contributed by atoms with van der Waals surface area (Å²) in [5.74, 6) is 1.50. The first-order valence-corrected chi connectivity index (χ1v) is 6.63. The Morgan fingerprint density at radius 3 is 2.58 bits per heavy atom. The minimum Gasteiger partial charge on any atom is -0.491 e. The van der Waals surface area contributed by atoms with E-state index in [1.54, 1.807) is 0 Å². The molecule has 4 heteroatoms. The van der Waals surface area contributed by atoms with Crippen molar-refractivity contribution in [3.63, 3.8) is 0 Å². The Morgan fingerprint density at radius 1 is 1.16 bits per heavy atom. The summed E-state index contributed by atoms with van der Waals surface area (Å²) in [4.78, 5) is 8.63. The van der Waals surface area contributed by atoms with Crippen LogP contribution in [-0.2, 0) is 0 Å². The van der Waals surface area contributed by atoms with Gasteiger partial charge < -0.3 is 4.74 Å². The van der Waals surface area contributed by atoms with Gasteiger partial charge in [-0.2, -0.15) is 0 Å². The zero-order chi connectivity index (χ0) is 14.0. The summed E-state index contributed by atoms with van der Waals surface area (Å²) in [7, 11) is 0. The SMILES string of the molecule is Cc1nc(Cl)c(C)c(-c2cccc(OC(C)C)c2)n1. The lowest BCUT2D eigenvalue weighted by molar-refractivity contribution is 0.242. The summed E-state index contributed by atoms with van der Waals surface area (Å²) in [5, 5.41) is 0.498. The summed E-state index contributed by atoms with van der Waals surface area (Å²) >= 11 is 6.11. The van der Waals surface area contributed by atoms with Crippen molar-refractivity contribution in [2.45, 2.75) is 33.8 Å². The molecule has 0 aliphatic carbocycles. The summed E-state index contributed by atoms with van der Waals surface area (Å²) < 4.78 is 5.70. The molecule has 2 rings (SSSR count). The largest absolute Gasteiger partial charge is 0.491 e. The molecule has 0 N–H and O–H groups in total. The van der Waals surface area contributed by atoms with Crippen LogP contribution in [0.2, 0.25) is 5.15 Å². The number of ether oxygens (including phenoxy) is 1. The molecule has 2 aromatic rings. The Bertz CT molecular complexity index is 597. The quantitative estimate of drug-likeness (QED) is 0.788. The maximum atomic E-state index is 6.11. The van der Waals surface area contributed by atoms with E-state index in [1.165, 1.54) is 0 Å². The predicted molar refractivity (Wildman–Crippen MR) is 77.7 cm³/mol. The van der Waals surface area contributed by atoms with Gasteiger partial charge >= 0.3 is 0 Å². The van der Waals surface area contributed by atoms with E-state index in [4.69, 9.17) is 16.3 Å². The van der Waals surface area contributed by atoms with Crippen molar-refractivity contribution in [3.8, 4) is 17.0 Å². The third-order valence-electron chi connectivity index (χ3n) is 2.68. The third-order valence-corrected chi connectivity index (χ3v) is 3.05. The van der Waals surface area contributed by atoms with Gasteiger partial charge in [0.25, 0.3) is 0 Å². The van der Waals surface area contributed by atoms with E-state index < -0.39 is 0 Å². The highest BCUT2D eigenvalue weighted by molar-refractivity contribution is 6.30. The molecule has 1 aromatic carbocycles. The van der Waals surface area contributed by atoms with Gasteiger partial charge in [-0.15, -0.1) is 0 Å². The van der Waals surface area contributed by atoms with Gasteiger partial charge in [0.1, 0.15) is 16.7 Å². The van der Waals surface area contributed by atoms with Crippen LogP contribution in [0.4, 0.5) is 0 Å². The number of rotatable bonds is 3. The van der Waals surface area contributed by atoms with Crippen LogP contribution in [0.5, 0.6) is 5.75 Å². The standard InChI is InChI=1S/C15H17ClN2O/c1-9(2)19-13-7-5-6-12(8-13)14-10(3)15(16)18-11(4)17-14/h5-9H,1-4H3. The lowest BCUT2D eigenvalue weighted by Crippen LogP contribution is -2.05. The summed E-state index contributed by atoms with van der Waals surface area (Å²) in [6, 6.07) is 7.87. The molecule has 0 amide bonds. The Hall–Kier alpha value is -1.61. The fourth-order valence-corrected chi connectivity index (χ4v) is 2.08. The van der Waals surface area contributed by atoms with Crippen LogP contribution in [0.1, 0.15) is 25.2 Å². The van der Waals surface area contributed by atoms with Gasteiger partial charge in [-0.25, -0.2) is 9.97 Å². The number of aryl methyl sites for hydroxylation is 1. The highest BCUT2D eigenvalue weighted by Crippen LogP contribution is 2.28. The maximum Gasteiger partial charge on any atom is 0.136 e. The molecule has 3 nitrogen and oxygen atoms in total. The zero-order valence-electron chi connectivity index (χ0n) is 11.6. The second-order valence-corrected chi connectivity index (χ2v) is 5.09. The first-order chi connectivity index (χ1) is 8.97. The molecule has 0 saturated carbocycles. The molecule has 0 bridgehead atoms. The van der Waals surface area contributed by atoms with Crippen molar-refractivity contribution >= 4 is 11.6 Å². The van der Waals surface area contributed by atoms with Crippen molar-refractivity contribution in [1.29, 1.82) is 0 Å². The fourth-order valence-electron chi connectivity index (χ4n) is 1.86. The van der Waals surface area contributed by atoms with Crippen LogP contribution < -0.4 is 4.74 Å². The first kappa shape index (κ1) is 13.8. The number of hydrogen-bond donors (Lipinski definition) is 0. The Kier molecular flexibility index (Phi) is 4.05. The van der Waals surface area contributed by atoms with Crippen molar-refractivity contribution in [1.82, 2.24) is 9.97 Å². The average molecular weight is 277 g/mol. The van der Waals surface area contributed by atoms with Gasteiger partial charge in [-0.1, -0.05) is 23.7 Å². The Labute approximate surface area is 118 Å². The molecule has 0 unspecified atom stereocenters. The average Bonchev–Trinajstić information content (AvgIpc) is 2.33. The minimum absolute atomic E-state index is 0.145. The number of benzene rings is 1. The molecular weight excluding hydrogens is 260 g/mol. The number of hydrogen-bond acceptors (Lipinski definition) is 3. The third kappa shape index (κ3) is 3.24. The van der Waals surface area contributed by atoms with E-state index in [0.717, 1.165) is 22.6 Å². The first-order valence-electron chi connectivity index (χ1n) is 6.25. The summed E-state index contributed by atoms with van der Waals surface area (Å²) in [6.07, 6.45) is 0.145. The predicted octanol–water partition coefficient (Wildman–Crippen LogP) is 4.20. The monoisotopic (exact) mass is 276 g/mol. The van der Waals surface area contributed by atoms with Crippen molar-refractivity contribution < 1.29 is 4.74 Å². The van der Waals surface area contributed by atoms with Crippen LogP contribution in [0.15, 0.2) is 24.3 Å². The highest BCUT2D eigenvalue weighted by Gasteiger charge is 2.10. The molecule has 0 aliphatic heterocycles. The smallest absolute Gasteiger partial charge is 0.136 e. The molecule has 0 spiro atoms. The Morgan fingerprint density at radius 2 is 1.89 bits per heavy atom. The van der Waals surface area contributed by atoms with Gasteiger partial charge in [0.2, 0.25) is 0 Å². The van der Waals surface area contributed by atoms with E-state index in [9.17, 15) is 0 Å². The maximum absolute atomic E-state index is 6.11. The van der Waals surface area contributed by atoms with Crippen LogP contribution in [0, 0.1) is 13.8 Å². The molecule has 0 aliphatic rings. The number of nitrogens with zero attached hydrogens (tertiary/aromatic N) is 2. The van der Waals surface area contributed by atoms with Crippen LogP contribution in [0.3, 0.4) is 0 Å². The highest BCUT2D eigenvalue weighted by atomic mass is 35.5. The van der Waals surface area contributed by atoms with E-state index in [-0.39, 0.29) is 6.10 Å². The van der Waals surface area contributed by atoms with Gasteiger partial charge in [-0.3, -0.25) is 0 Å². The van der Waals surface area contributed by atoms with Gasteiger partial charge in [0.15, 0.2) is 0 Å². The molecule has 0 fully saturated rings. The Balaban J connectivity index is 2.47. The molecule has 1 aromatic heterocycles. The lowest BCUT2D eigenvalue weighted by atomic mass is 10.1. The zero-order valence-corrected chi connectivity index (χ0v) is 12.3. The van der Waals surface area contributed by atoms with Crippen molar-refractivity contribution in [2.24, 2.45) is 0 Å². The van der Waals surface area contributed by atoms with Gasteiger partial charge in [-0.05, 0) is 39.8 Å². The number of aromatic nitrogens is 2. The fraction of sp³-hybridized carbons (Fsp3) is 0.333. The van der Waals surface area contributed by atoms with Gasteiger partial charge in [0.05, 0.1) is 11.8 Å². The number of halogens is 1. The molecule has 100 valence electrons. The summed E-state index contributed by atoms with van der Waals surface area (Å²) in [5.41, 5.74) is 2.73. The normalized spacial score (nSPS) is 10.8. The second-order valence-electron chi connectivity index (χ2n) is 4.73. The molecule has 0 atom stereocenters. The van der Waals surface area contributed by atoms with Crippen molar-refractivity contribution in [2.75, 3.05) is 0 Å².